The largest absolute Gasteiger partial charge is 0.373 e. The molecule has 5 rings (SSSR count). The highest BCUT2D eigenvalue weighted by molar-refractivity contribution is 6.00. The molecule has 1 unspecified atom stereocenters. The molecule has 1 aromatic carbocycles. The number of benzene rings is 1. The maximum Gasteiger partial charge on any atom is 0.249 e. The molecule has 0 bridgehead atoms. The first-order valence-corrected chi connectivity index (χ1v) is 10.2. The summed E-state index contributed by atoms with van der Waals surface area (Å²) in [6.45, 7) is 2.95. The van der Waals surface area contributed by atoms with Crippen LogP contribution >= 0.6 is 0 Å². The maximum absolute atomic E-state index is 12.0. The van der Waals surface area contributed by atoms with Crippen molar-refractivity contribution < 1.29 is 9.90 Å². The molecule has 1 saturated heterocycles. The lowest BCUT2D eigenvalue weighted by Gasteiger charge is -2.12. The number of rotatable bonds is 6. The topological polar surface area (TPSA) is 104 Å². The van der Waals surface area contributed by atoms with Crippen molar-refractivity contribution in [1.29, 1.82) is 0 Å². The highest BCUT2D eigenvalue weighted by Crippen LogP contribution is 2.30. The lowest BCUT2D eigenvalue weighted by Crippen LogP contribution is -2.24. The van der Waals surface area contributed by atoms with Crippen LogP contribution < -0.4 is 16.0 Å². The van der Waals surface area contributed by atoms with E-state index in [2.05, 4.69) is 27.1 Å². The first-order chi connectivity index (χ1) is 14.5. The molecule has 30 heavy (non-hydrogen) atoms. The Bertz CT molecular complexity index is 1150. The number of fused-ring (bicyclic) bond motifs is 1. The average molecular weight is 404 g/mol. The van der Waals surface area contributed by atoms with Gasteiger partial charge in [0, 0.05) is 35.9 Å². The standard InChI is InChI=1S/C22H24N6O2/c1-13-3-2-4-17(7-13)25-18-10-19(23-11-14-5-6-14)28-21(26-18)16(12-24-28)8-15-9-20(29)27-22(15)30/h2-4,7-8,10,12,14,20,23,29H,5-6,9,11H2,1H3,(H,25,26)(H,27,30)/b15-8+. The van der Waals surface area contributed by atoms with Gasteiger partial charge in [0.1, 0.15) is 17.9 Å². The zero-order valence-electron chi connectivity index (χ0n) is 16.7. The monoisotopic (exact) mass is 404 g/mol. The second-order valence-corrected chi connectivity index (χ2v) is 8.04. The van der Waals surface area contributed by atoms with E-state index >= 15 is 0 Å². The molecule has 1 amide bonds. The Morgan fingerprint density at radius 3 is 2.93 bits per heavy atom. The summed E-state index contributed by atoms with van der Waals surface area (Å²) in [6, 6.07) is 10.1. The van der Waals surface area contributed by atoms with Gasteiger partial charge in [-0.25, -0.2) is 4.98 Å². The van der Waals surface area contributed by atoms with E-state index in [-0.39, 0.29) is 12.3 Å². The number of aromatic nitrogens is 3. The van der Waals surface area contributed by atoms with Crippen molar-refractivity contribution in [3.05, 3.63) is 53.2 Å². The molecule has 8 heteroatoms. The van der Waals surface area contributed by atoms with E-state index in [0.29, 0.717) is 23.0 Å². The highest BCUT2D eigenvalue weighted by Gasteiger charge is 2.25. The van der Waals surface area contributed by atoms with Gasteiger partial charge in [-0.2, -0.15) is 9.61 Å². The van der Waals surface area contributed by atoms with Crippen LogP contribution in [0.3, 0.4) is 0 Å². The van der Waals surface area contributed by atoms with Gasteiger partial charge >= 0.3 is 0 Å². The molecule has 2 aromatic heterocycles. The number of aliphatic hydroxyl groups is 1. The number of nitrogens with one attached hydrogen (secondary N) is 3. The van der Waals surface area contributed by atoms with Gasteiger partial charge in [0.2, 0.25) is 5.91 Å². The predicted molar refractivity (Wildman–Crippen MR) is 115 cm³/mol. The Balaban J connectivity index is 1.54. The highest BCUT2D eigenvalue weighted by atomic mass is 16.3. The number of nitrogens with zero attached hydrogens (tertiary/aromatic N) is 3. The molecule has 3 aromatic rings. The van der Waals surface area contributed by atoms with Crippen LogP contribution in [0.4, 0.5) is 17.3 Å². The Morgan fingerprint density at radius 2 is 2.20 bits per heavy atom. The Labute approximate surface area is 174 Å². The fraction of sp³-hybridized carbons (Fsp3) is 0.318. The fourth-order valence-corrected chi connectivity index (χ4v) is 3.62. The van der Waals surface area contributed by atoms with E-state index in [1.165, 1.54) is 12.8 Å². The summed E-state index contributed by atoms with van der Waals surface area (Å²) < 4.78 is 1.76. The minimum absolute atomic E-state index is 0.261. The van der Waals surface area contributed by atoms with Gasteiger partial charge in [0.15, 0.2) is 5.65 Å². The van der Waals surface area contributed by atoms with E-state index < -0.39 is 6.23 Å². The van der Waals surface area contributed by atoms with Crippen LogP contribution in [0.1, 0.15) is 30.4 Å². The first kappa shape index (κ1) is 18.6. The molecule has 2 fully saturated rings. The number of carbonyl (C=O) groups excluding carboxylic acids is 1. The Hall–Kier alpha value is -3.39. The second-order valence-electron chi connectivity index (χ2n) is 8.04. The van der Waals surface area contributed by atoms with Gasteiger partial charge in [0.05, 0.1) is 6.20 Å². The van der Waals surface area contributed by atoms with Crippen molar-refractivity contribution in [3.8, 4) is 0 Å². The van der Waals surface area contributed by atoms with E-state index in [1.54, 1.807) is 16.8 Å². The minimum Gasteiger partial charge on any atom is -0.373 e. The molecule has 1 aliphatic heterocycles. The summed E-state index contributed by atoms with van der Waals surface area (Å²) in [6.07, 6.45) is 5.39. The molecule has 154 valence electrons. The lowest BCUT2D eigenvalue weighted by molar-refractivity contribution is -0.117. The fourth-order valence-electron chi connectivity index (χ4n) is 3.62. The van der Waals surface area contributed by atoms with Gasteiger partial charge < -0.3 is 21.1 Å². The Kier molecular flexibility index (Phi) is 4.63. The van der Waals surface area contributed by atoms with Gasteiger partial charge in [-0.05, 0) is 49.5 Å². The van der Waals surface area contributed by atoms with E-state index in [4.69, 9.17) is 4.98 Å². The third-order valence-electron chi connectivity index (χ3n) is 5.39. The van der Waals surface area contributed by atoms with Crippen LogP contribution in [0.5, 0.6) is 0 Å². The zero-order valence-corrected chi connectivity index (χ0v) is 16.7. The van der Waals surface area contributed by atoms with Crippen LogP contribution in [-0.4, -0.2) is 38.4 Å². The van der Waals surface area contributed by atoms with Crippen molar-refractivity contribution in [1.82, 2.24) is 19.9 Å². The SMILES string of the molecule is Cc1cccc(Nc2cc(NCC3CC3)n3ncc(/C=C4\CC(O)NC4=O)c3n2)c1. The zero-order chi connectivity index (χ0) is 20.7. The van der Waals surface area contributed by atoms with Crippen LogP contribution in [0.15, 0.2) is 42.1 Å². The molecule has 1 atom stereocenters. The van der Waals surface area contributed by atoms with E-state index in [9.17, 15) is 9.90 Å². The molecule has 1 aliphatic carbocycles. The third-order valence-corrected chi connectivity index (χ3v) is 5.39. The molecular formula is C22H24N6O2. The minimum atomic E-state index is -0.840. The van der Waals surface area contributed by atoms with Crippen LogP contribution in [0.2, 0.25) is 0 Å². The van der Waals surface area contributed by atoms with Crippen molar-refractivity contribution in [2.75, 3.05) is 17.2 Å². The van der Waals surface area contributed by atoms with E-state index in [1.807, 2.05) is 31.2 Å². The molecule has 4 N–H and O–H groups in total. The van der Waals surface area contributed by atoms with Crippen molar-refractivity contribution in [3.63, 3.8) is 0 Å². The molecule has 8 nitrogen and oxygen atoms in total. The summed E-state index contributed by atoms with van der Waals surface area (Å²) in [7, 11) is 0. The number of hydrogen-bond donors (Lipinski definition) is 4. The van der Waals surface area contributed by atoms with Crippen LogP contribution in [0.25, 0.3) is 11.7 Å². The predicted octanol–water partition coefficient (Wildman–Crippen LogP) is 2.82. The number of hydrogen-bond acceptors (Lipinski definition) is 6. The van der Waals surface area contributed by atoms with Crippen LogP contribution in [0, 0.1) is 12.8 Å². The molecule has 1 saturated carbocycles. The summed E-state index contributed by atoms with van der Waals surface area (Å²) in [4.78, 5) is 16.8. The molecule has 2 aliphatic rings. The second kappa shape index (κ2) is 7.46. The molecule has 0 spiro atoms. The lowest BCUT2D eigenvalue weighted by atomic mass is 10.1. The summed E-state index contributed by atoms with van der Waals surface area (Å²) in [5, 5.41) is 23.5. The quantitative estimate of drug-likeness (QED) is 0.471. The number of anilines is 3. The number of carbonyl (C=O) groups is 1. The van der Waals surface area contributed by atoms with Crippen molar-refractivity contribution >= 4 is 35.0 Å². The first-order valence-electron chi connectivity index (χ1n) is 10.2. The van der Waals surface area contributed by atoms with E-state index in [0.717, 1.165) is 29.2 Å². The third kappa shape index (κ3) is 3.86. The van der Waals surface area contributed by atoms with Crippen molar-refractivity contribution in [2.24, 2.45) is 5.92 Å². The molecule has 3 heterocycles. The van der Waals surface area contributed by atoms with Crippen molar-refractivity contribution in [2.45, 2.75) is 32.4 Å². The van der Waals surface area contributed by atoms with Gasteiger partial charge in [-0.1, -0.05) is 12.1 Å². The van der Waals surface area contributed by atoms with Gasteiger partial charge in [0.25, 0.3) is 0 Å². The number of aliphatic hydroxyl groups excluding tert-OH is 1. The smallest absolute Gasteiger partial charge is 0.249 e. The number of amides is 1. The Morgan fingerprint density at radius 1 is 1.33 bits per heavy atom. The molecular weight excluding hydrogens is 380 g/mol. The normalized spacial score (nSPS) is 20.0. The summed E-state index contributed by atoms with van der Waals surface area (Å²) in [5.41, 5.74) is 4.01. The molecule has 0 radical (unpaired) electrons. The van der Waals surface area contributed by atoms with Crippen LogP contribution in [-0.2, 0) is 4.79 Å². The number of aryl methyl sites for hydroxylation is 1. The summed E-state index contributed by atoms with van der Waals surface area (Å²) in [5.74, 6) is 2.00. The average Bonchev–Trinajstić information content (AvgIpc) is 3.37. The maximum atomic E-state index is 12.0. The van der Waals surface area contributed by atoms with Gasteiger partial charge in [-0.15, -0.1) is 0 Å². The van der Waals surface area contributed by atoms with Gasteiger partial charge in [-0.3, -0.25) is 4.79 Å². The summed E-state index contributed by atoms with van der Waals surface area (Å²) >= 11 is 0.